The van der Waals surface area contributed by atoms with Gasteiger partial charge in [0.25, 0.3) is 5.91 Å². The number of amides is 3. The van der Waals surface area contributed by atoms with E-state index >= 15 is 0 Å². The quantitative estimate of drug-likeness (QED) is 0.557. The predicted molar refractivity (Wildman–Crippen MR) is 129 cm³/mol. The zero-order chi connectivity index (χ0) is 24.7. The van der Waals surface area contributed by atoms with E-state index in [1.54, 1.807) is 16.7 Å². The number of nitrogens with zero attached hydrogens (tertiary/aromatic N) is 3. The number of rotatable bonds is 5. The minimum atomic E-state index is -0.662. The zero-order valence-corrected chi connectivity index (χ0v) is 19.9. The van der Waals surface area contributed by atoms with Gasteiger partial charge in [0.05, 0.1) is 36.5 Å². The summed E-state index contributed by atoms with van der Waals surface area (Å²) >= 11 is 5.93. The largest absolute Gasteiger partial charge is 0.497 e. The lowest BCUT2D eigenvalue weighted by molar-refractivity contribution is 0.0997. The summed E-state index contributed by atoms with van der Waals surface area (Å²) in [6.45, 7) is 1.05. The van der Waals surface area contributed by atoms with Gasteiger partial charge in [-0.1, -0.05) is 23.7 Å². The Balaban J connectivity index is 1.26. The highest BCUT2D eigenvalue weighted by Crippen LogP contribution is 2.37. The van der Waals surface area contributed by atoms with Gasteiger partial charge >= 0.3 is 6.03 Å². The number of nitrogens with one attached hydrogen (secondary N) is 1. The van der Waals surface area contributed by atoms with Crippen molar-refractivity contribution >= 4 is 23.5 Å². The van der Waals surface area contributed by atoms with Crippen molar-refractivity contribution < 1.29 is 18.7 Å². The molecule has 1 aliphatic heterocycles. The third-order valence-electron chi connectivity index (χ3n) is 6.76. The standard InChI is InChI=1S/C25H25ClFN5O3/c1-35-18-5-2-14(3-6-18)16-10-17(11-16)29-25(34)31-8-9-32-21(13-31)22(24(28)33)23(30-32)15-4-7-20(27)19(26)12-15/h2-7,12,16-17H,8-11,13H2,1H3,(H2,28,33)(H,29,34)/t16-,17-. The Kier molecular flexibility index (Phi) is 6.10. The number of primary amides is 1. The van der Waals surface area contributed by atoms with Gasteiger partial charge in [-0.05, 0) is 54.7 Å². The lowest BCUT2D eigenvalue weighted by atomic mass is 9.76. The van der Waals surface area contributed by atoms with Crippen molar-refractivity contribution in [1.82, 2.24) is 20.0 Å². The number of fused-ring (bicyclic) bond motifs is 1. The lowest BCUT2D eigenvalue weighted by Gasteiger charge is -2.38. The highest BCUT2D eigenvalue weighted by molar-refractivity contribution is 6.31. The van der Waals surface area contributed by atoms with Crippen LogP contribution >= 0.6 is 11.6 Å². The van der Waals surface area contributed by atoms with Crippen LogP contribution in [0.3, 0.4) is 0 Å². The van der Waals surface area contributed by atoms with Gasteiger partial charge in [0, 0.05) is 18.2 Å². The molecule has 35 heavy (non-hydrogen) atoms. The molecule has 0 bridgehead atoms. The first kappa shape index (κ1) is 23.2. The van der Waals surface area contributed by atoms with Gasteiger partial charge in [-0.3, -0.25) is 9.48 Å². The number of methoxy groups -OCH3 is 1. The summed E-state index contributed by atoms with van der Waals surface area (Å²) < 4.78 is 20.5. The predicted octanol–water partition coefficient (Wildman–Crippen LogP) is 3.92. The van der Waals surface area contributed by atoms with Crippen LogP contribution in [0, 0.1) is 5.82 Å². The number of carbonyl (C=O) groups excluding carboxylic acids is 2. The molecule has 182 valence electrons. The summed E-state index contributed by atoms with van der Waals surface area (Å²) in [5.41, 5.74) is 8.51. The molecule has 3 N–H and O–H groups in total. The van der Waals surface area contributed by atoms with Gasteiger partial charge in [0.1, 0.15) is 17.3 Å². The molecule has 1 aromatic heterocycles. The second-order valence-electron chi connectivity index (χ2n) is 8.90. The van der Waals surface area contributed by atoms with E-state index in [1.165, 1.54) is 23.8 Å². The molecule has 3 aromatic rings. The third-order valence-corrected chi connectivity index (χ3v) is 7.05. The maximum Gasteiger partial charge on any atom is 0.318 e. The topological polar surface area (TPSA) is 102 Å². The van der Waals surface area contributed by atoms with E-state index < -0.39 is 11.7 Å². The third kappa shape index (κ3) is 4.43. The van der Waals surface area contributed by atoms with Crippen molar-refractivity contribution in [2.75, 3.05) is 13.7 Å². The van der Waals surface area contributed by atoms with E-state index in [0.717, 1.165) is 18.6 Å². The summed E-state index contributed by atoms with van der Waals surface area (Å²) in [6, 6.07) is 12.1. The lowest BCUT2D eigenvalue weighted by Crippen LogP contribution is -2.51. The highest BCUT2D eigenvalue weighted by Gasteiger charge is 2.34. The summed E-state index contributed by atoms with van der Waals surface area (Å²) in [5.74, 6) is 0.00203. The molecular formula is C25H25ClFN5O3. The molecule has 0 atom stereocenters. The number of urea groups is 1. The van der Waals surface area contributed by atoms with Gasteiger partial charge in [-0.15, -0.1) is 0 Å². The fourth-order valence-corrected chi connectivity index (χ4v) is 4.93. The number of ether oxygens (including phenoxy) is 1. The molecule has 8 nitrogen and oxygen atoms in total. The average molecular weight is 498 g/mol. The zero-order valence-electron chi connectivity index (χ0n) is 19.1. The van der Waals surface area contributed by atoms with E-state index in [1.807, 2.05) is 12.1 Å². The molecule has 0 spiro atoms. The van der Waals surface area contributed by atoms with Gasteiger partial charge in [-0.25, -0.2) is 9.18 Å². The molecular weight excluding hydrogens is 473 g/mol. The smallest absolute Gasteiger partial charge is 0.318 e. The molecule has 10 heteroatoms. The Morgan fingerprint density at radius 2 is 1.91 bits per heavy atom. The minimum Gasteiger partial charge on any atom is -0.497 e. The van der Waals surface area contributed by atoms with E-state index in [4.69, 9.17) is 22.1 Å². The number of carbonyl (C=O) groups is 2. The molecule has 1 saturated carbocycles. The van der Waals surface area contributed by atoms with Crippen molar-refractivity contribution in [3.8, 4) is 17.0 Å². The van der Waals surface area contributed by atoms with Gasteiger partial charge in [-0.2, -0.15) is 5.10 Å². The molecule has 1 fully saturated rings. The van der Waals surface area contributed by atoms with Crippen LogP contribution in [-0.2, 0) is 13.1 Å². The van der Waals surface area contributed by atoms with E-state index in [-0.39, 0.29) is 29.2 Å². The van der Waals surface area contributed by atoms with Crippen molar-refractivity contribution in [3.63, 3.8) is 0 Å². The maximum atomic E-state index is 13.6. The van der Waals surface area contributed by atoms with Crippen LogP contribution in [0.4, 0.5) is 9.18 Å². The molecule has 2 aromatic carbocycles. The molecule has 0 saturated heterocycles. The fraction of sp³-hybridized carbons (Fsp3) is 0.320. The first-order valence-electron chi connectivity index (χ1n) is 11.4. The molecule has 5 rings (SSSR count). The van der Waals surface area contributed by atoms with E-state index in [0.29, 0.717) is 36.0 Å². The number of hydrogen-bond donors (Lipinski definition) is 2. The van der Waals surface area contributed by atoms with Crippen LogP contribution in [0.5, 0.6) is 5.75 Å². The number of hydrogen-bond acceptors (Lipinski definition) is 4. The van der Waals surface area contributed by atoms with Crippen molar-refractivity contribution in [3.05, 3.63) is 70.1 Å². The second kappa shape index (κ2) is 9.22. The first-order valence-corrected chi connectivity index (χ1v) is 11.8. The van der Waals surface area contributed by atoms with Crippen molar-refractivity contribution in [2.24, 2.45) is 5.73 Å². The van der Waals surface area contributed by atoms with Gasteiger partial charge in [0.15, 0.2) is 0 Å². The molecule has 0 radical (unpaired) electrons. The van der Waals surface area contributed by atoms with Crippen molar-refractivity contribution in [2.45, 2.75) is 37.9 Å². The summed E-state index contributed by atoms with van der Waals surface area (Å²) in [7, 11) is 1.64. The molecule has 3 amide bonds. The van der Waals surface area contributed by atoms with Gasteiger partial charge in [0.2, 0.25) is 0 Å². The van der Waals surface area contributed by atoms with Crippen LogP contribution in [0.15, 0.2) is 42.5 Å². The molecule has 2 aliphatic rings. The van der Waals surface area contributed by atoms with Crippen LogP contribution in [0.2, 0.25) is 5.02 Å². The van der Waals surface area contributed by atoms with Crippen molar-refractivity contribution in [1.29, 1.82) is 0 Å². The Morgan fingerprint density at radius 3 is 2.57 bits per heavy atom. The number of nitrogens with two attached hydrogens (primary N) is 1. The fourth-order valence-electron chi connectivity index (χ4n) is 4.75. The van der Waals surface area contributed by atoms with Gasteiger partial charge < -0.3 is 20.7 Å². The molecule has 0 unspecified atom stereocenters. The Bertz CT molecular complexity index is 1290. The first-order chi connectivity index (χ1) is 16.8. The van der Waals surface area contributed by atoms with Crippen LogP contribution < -0.4 is 15.8 Å². The summed E-state index contributed by atoms with van der Waals surface area (Å²) in [5, 5.41) is 7.54. The van der Waals surface area contributed by atoms with Crippen LogP contribution in [-0.4, -0.2) is 46.3 Å². The Labute approximate surface area is 206 Å². The maximum absolute atomic E-state index is 13.6. The van der Waals surface area contributed by atoms with Crippen LogP contribution in [0.1, 0.15) is 40.4 Å². The SMILES string of the molecule is COc1ccc([C@H]2C[C@H](NC(=O)N3CCn4nc(-c5ccc(F)c(Cl)c5)c(C(N)=O)c4C3)C2)cc1. The molecule has 2 heterocycles. The Hall–Kier alpha value is -3.59. The highest BCUT2D eigenvalue weighted by atomic mass is 35.5. The average Bonchev–Trinajstić information content (AvgIpc) is 3.22. The Morgan fingerprint density at radius 1 is 1.17 bits per heavy atom. The van der Waals surface area contributed by atoms with Crippen LogP contribution in [0.25, 0.3) is 11.3 Å². The van der Waals surface area contributed by atoms with E-state index in [2.05, 4.69) is 22.5 Å². The second-order valence-corrected chi connectivity index (χ2v) is 9.30. The van der Waals surface area contributed by atoms with E-state index in [9.17, 15) is 14.0 Å². The number of halogens is 2. The number of aromatic nitrogens is 2. The number of benzene rings is 2. The summed E-state index contributed by atoms with van der Waals surface area (Å²) in [4.78, 5) is 27.0. The minimum absolute atomic E-state index is 0.0710. The monoisotopic (exact) mass is 497 g/mol. The molecule has 1 aliphatic carbocycles. The normalized spacial score (nSPS) is 19.0. The summed E-state index contributed by atoms with van der Waals surface area (Å²) in [6.07, 6.45) is 1.73.